The third-order valence-corrected chi connectivity index (χ3v) is 2.65. The van der Waals surface area contributed by atoms with Gasteiger partial charge in [-0.05, 0) is 18.2 Å². The molecule has 0 bridgehead atoms. The van der Waals surface area contributed by atoms with Gasteiger partial charge in [-0.1, -0.05) is 16.8 Å². The molecule has 0 unspecified atom stereocenters. The Morgan fingerprint density at radius 3 is 3.00 bits per heavy atom. The van der Waals surface area contributed by atoms with Gasteiger partial charge in [0.25, 0.3) is 0 Å². The number of benzene rings is 1. The Morgan fingerprint density at radius 1 is 1.55 bits per heavy atom. The van der Waals surface area contributed by atoms with Gasteiger partial charge in [-0.15, -0.1) is 5.10 Å². The smallest absolute Gasteiger partial charge is 0.246 e. The van der Waals surface area contributed by atoms with E-state index >= 15 is 0 Å². The topological polar surface area (TPSA) is 86.1 Å². The van der Waals surface area contributed by atoms with Gasteiger partial charge in [-0.2, -0.15) is 0 Å². The molecule has 1 N–H and O–H groups in total. The van der Waals surface area contributed by atoms with Gasteiger partial charge < -0.3 is 10.1 Å². The van der Waals surface area contributed by atoms with E-state index in [2.05, 4.69) is 15.6 Å². The normalized spacial score (nSPS) is 10.1. The van der Waals surface area contributed by atoms with Crippen LogP contribution in [0.3, 0.4) is 0 Å². The van der Waals surface area contributed by atoms with Gasteiger partial charge in [0.15, 0.2) is 6.29 Å². The third-order valence-electron chi connectivity index (χ3n) is 2.42. The van der Waals surface area contributed by atoms with E-state index in [1.165, 1.54) is 18.0 Å². The fourth-order valence-corrected chi connectivity index (χ4v) is 1.73. The van der Waals surface area contributed by atoms with Crippen molar-refractivity contribution in [1.29, 1.82) is 0 Å². The van der Waals surface area contributed by atoms with Crippen LogP contribution >= 0.6 is 11.6 Å². The maximum absolute atomic E-state index is 11.9. The first-order valence-corrected chi connectivity index (χ1v) is 5.99. The molecule has 0 aliphatic rings. The van der Waals surface area contributed by atoms with Crippen LogP contribution in [0.15, 0.2) is 24.4 Å². The number of aldehydes is 1. The van der Waals surface area contributed by atoms with Crippen LogP contribution in [0.2, 0.25) is 5.02 Å². The maximum atomic E-state index is 11.9. The van der Waals surface area contributed by atoms with Crippen LogP contribution in [0.4, 0.5) is 5.69 Å². The summed E-state index contributed by atoms with van der Waals surface area (Å²) in [6.45, 7) is -0.0729. The number of anilines is 1. The number of halogens is 1. The van der Waals surface area contributed by atoms with Crippen molar-refractivity contribution < 1.29 is 14.3 Å². The number of amides is 1. The lowest BCUT2D eigenvalue weighted by atomic mass is 10.3. The molecule has 104 valence electrons. The van der Waals surface area contributed by atoms with Gasteiger partial charge in [-0.3, -0.25) is 9.59 Å². The first kappa shape index (κ1) is 14.0. The number of aromatic nitrogens is 3. The molecule has 8 heteroatoms. The molecule has 0 aliphatic heterocycles. The summed E-state index contributed by atoms with van der Waals surface area (Å²) in [6.07, 6.45) is 1.93. The second-order valence-electron chi connectivity index (χ2n) is 3.85. The summed E-state index contributed by atoms with van der Waals surface area (Å²) >= 11 is 5.87. The quantitative estimate of drug-likeness (QED) is 0.842. The highest BCUT2D eigenvalue weighted by Gasteiger charge is 2.10. The van der Waals surface area contributed by atoms with Crippen LogP contribution in [0.5, 0.6) is 5.75 Å². The highest BCUT2D eigenvalue weighted by Crippen LogP contribution is 2.27. The second kappa shape index (κ2) is 6.16. The van der Waals surface area contributed by atoms with E-state index in [9.17, 15) is 9.59 Å². The number of nitrogens with one attached hydrogen (secondary N) is 1. The number of nitrogens with zero attached hydrogens (tertiary/aromatic N) is 3. The molecule has 1 aromatic heterocycles. The highest BCUT2D eigenvalue weighted by atomic mass is 35.5. The van der Waals surface area contributed by atoms with Crippen molar-refractivity contribution in [3.63, 3.8) is 0 Å². The predicted molar refractivity (Wildman–Crippen MR) is 72.0 cm³/mol. The van der Waals surface area contributed by atoms with Gasteiger partial charge >= 0.3 is 0 Å². The predicted octanol–water partition coefficient (Wildman–Crippen LogP) is 1.39. The number of carbonyl (C=O) groups is 2. The van der Waals surface area contributed by atoms with Gasteiger partial charge in [-0.25, -0.2) is 4.68 Å². The maximum Gasteiger partial charge on any atom is 0.246 e. The summed E-state index contributed by atoms with van der Waals surface area (Å²) in [5, 5.41) is 10.3. The molecule has 0 saturated carbocycles. The zero-order chi connectivity index (χ0) is 14.5. The van der Waals surface area contributed by atoms with E-state index in [1.54, 1.807) is 18.2 Å². The largest absolute Gasteiger partial charge is 0.495 e. The van der Waals surface area contributed by atoms with Gasteiger partial charge in [0.1, 0.15) is 18.0 Å². The Kier molecular flexibility index (Phi) is 4.31. The number of hydrogen-bond acceptors (Lipinski definition) is 5. The third kappa shape index (κ3) is 3.33. The van der Waals surface area contributed by atoms with Crippen molar-refractivity contribution in [3.8, 4) is 5.75 Å². The summed E-state index contributed by atoms with van der Waals surface area (Å²) in [5.74, 6) is 0.155. The summed E-state index contributed by atoms with van der Waals surface area (Å²) < 4.78 is 6.38. The number of rotatable bonds is 5. The summed E-state index contributed by atoms with van der Waals surface area (Å²) in [5.41, 5.74) is 0.624. The van der Waals surface area contributed by atoms with Crippen molar-refractivity contribution in [1.82, 2.24) is 15.0 Å². The molecule has 0 radical (unpaired) electrons. The van der Waals surface area contributed by atoms with Crippen LogP contribution in [0.1, 0.15) is 10.5 Å². The van der Waals surface area contributed by atoms with Gasteiger partial charge in [0.05, 0.1) is 19.0 Å². The molecular weight excluding hydrogens is 284 g/mol. The first-order valence-electron chi connectivity index (χ1n) is 5.61. The van der Waals surface area contributed by atoms with E-state index in [0.29, 0.717) is 22.7 Å². The minimum absolute atomic E-state index is 0.0729. The van der Waals surface area contributed by atoms with Crippen LogP contribution < -0.4 is 10.1 Å². The summed E-state index contributed by atoms with van der Waals surface area (Å²) in [7, 11) is 1.49. The second-order valence-corrected chi connectivity index (χ2v) is 4.29. The number of hydrogen-bond donors (Lipinski definition) is 1. The van der Waals surface area contributed by atoms with E-state index < -0.39 is 0 Å². The molecule has 1 amide bonds. The molecule has 2 rings (SSSR count). The fraction of sp³-hybridized carbons (Fsp3) is 0.167. The minimum atomic E-state index is -0.340. The number of carbonyl (C=O) groups excluding carboxylic acids is 2. The zero-order valence-electron chi connectivity index (χ0n) is 10.5. The van der Waals surface area contributed by atoms with Crippen LogP contribution in [-0.4, -0.2) is 34.3 Å². The molecule has 20 heavy (non-hydrogen) atoms. The molecule has 0 aliphatic carbocycles. The number of ether oxygens (including phenoxy) is 1. The molecule has 0 fully saturated rings. The summed E-state index contributed by atoms with van der Waals surface area (Å²) in [6, 6.07) is 4.89. The lowest BCUT2D eigenvalue weighted by molar-refractivity contribution is -0.116. The monoisotopic (exact) mass is 294 g/mol. The molecule has 1 aromatic carbocycles. The standard InChI is InChI=1S/C12H11ClN4O3/c1-20-11-3-2-8(13)4-10(11)14-12(19)6-17-5-9(7-18)15-16-17/h2-5,7H,6H2,1H3,(H,14,19). The Bertz CT molecular complexity index is 641. The average molecular weight is 295 g/mol. The van der Waals surface area contributed by atoms with E-state index in [1.807, 2.05) is 0 Å². The fourth-order valence-electron chi connectivity index (χ4n) is 1.56. The molecule has 0 spiro atoms. The lowest BCUT2D eigenvalue weighted by Crippen LogP contribution is -2.19. The minimum Gasteiger partial charge on any atom is -0.495 e. The highest BCUT2D eigenvalue weighted by molar-refractivity contribution is 6.31. The van der Waals surface area contributed by atoms with Crippen molar-refractivity contribution >= 4 is 29.5 Å². The molecule has 7 nitrogen and oxygen atoms in total. The molecular formula is C12H11ClN4O3. The lowest BCUT2D eigenvalue weighted by Gasteiger charge is -2.10. The first-order chi connectivity index (χ1) is 9.62. The Balaban J connectivity index is 2.07. The van der Waals surface area contributed by atoms with Crippen molar-refractivity contribution in [3.05, 3.63) is 35.1 Å². The Labute approximate surface area is 119 Å². The zero-order valence-corrected chi connectivity index (χ0v) is 11.3. The average Bonchev–Trinajstić information content (AvgIpc) is 2.86. The summed E-state index contributed by atoms with van der Waals surface area (Å²) in [4.78, 5) is 22.3. The van der Waals surface area contributed by atoms with E-state index in [4.69, 9.17) is 16.3 Å². The molecule has 0 saturated heterocycles. The van der Waals surface area contributed by atoms with Crippen molar-refractivity contribution in [2.45, 2.75) is 6.54 Å². The van der Waals surface area contributed by atoms with E-state index in [-0.39, 0.29) is 18.1 Å². The molecule has 1 heterocycles. The molecule has 0 atom stereocenters. The van der Waals surface area contributed by atoms with Crippen LogP contribution in [-0.2, 0) is 11.3 Å². The van der Waals surface area contributed by atoms with Crippen molar-refractivity contribution in [2.24, 2.45) is 0 Å². The van der Waals surface area contributed by atoms with Crippen LogP contribution in [0.25, 0.3) is 0 Å². The number of methoxy groups -OCH3 is 1. The van der Waals surface area contributed by atoms with Crippen molar-refractivity contribution in [2.75, 3.05) is 12.4 Å². The van der Waals surface area contributed by atoms with Gasteiger partial charge in [0, 0.05) is 5.02 Å². The Morgan fingerprint density at radius 2 is 2.35 bits per heavy atom. The van der Waals surface area contributed by atoms with Crippen LogP contribution in [0, 0.1) is 0 Å². The molecule has 2 aromatic rings. The van der Waals surface area contributed by atoms with Gasteiger partial charge in [0.2, 0.25) is 5.91 Å². The van der Waals surface area contributed by atoms with E-state index in [0.717, 1.165) is 0 Å². The SMILES string of the molecule is COc1ccc(Cl)cc1NC(=O)Cn1cc(C=O)nn1. The Hall–Kier alpha value is -2.41.